The van der Waals surface area contributed by atoms with Crippen molar-refractivity contribution >= 4 is 0 Å². The summed E-state index contributed by atoms with van der Waals surface area (Å²) in [4.78, 5) is 0. The van der Waals surface area contributed by atoms with Crippen LogP contribution in [0.4, 0.5) is 0 Å². The van der Waals surface area contributed by atoms with Crippen molar-refractivity contribution in [1.82, 2.24) is 15.2 Å². The lowest BCUT2D eigenvalue weighted by molar-refractivity contribution is 0.143. The molecular weight excluding hydrogens is 212 g/mol. The maximum Gasteiger partial charge on any atom is 0.0640 e. The molecule has 1 aromatic rings. The quantitative estimate of drug-likeness (QED) is 0.619. The van der Waals surface area contributed by atoms with Crippen molar-refractivity contribution in [3.05, 3.63) is 18.0 Å². The molecule has 0 spiro atoms. The molecule has 3 N–H and O–H groups in total. The first-order valence-electron chi connectivity index (χ1n) is 6.59. The summed E-state index contributed by atoms with van der Waals surface area (Å²) >= 11 is 0. The summed E-state index contributed by atoms with van der Waals surface area (Å²) < 4.78 is 1.85. The normalized spacial score (nSPS) is 21.4. The lowest BCUT2D eigenvalue weighted by Gasteiger charge is -2.40. The summed E-state index contributed by atoms with van der Waals surface area (Å²) in [5.74, 6) is 5.76. The van der Waals surface area contributed by atoms with Crippen molar-refractivity contribution in [2.24, 2.45) is 18.3 Å². The number of hydrogen-bond donors (Lipinski definition) is 2. The highest BCUT2D eigenvalue weighted by atomic mass is 15.3. The van der Waals surface area contributed by atoms with Crippen LogP contribution < -0.4 is 11.3 Å². The molecule has 1 atom stereocenters. The highest BCUT2D eigenvalue weighted by Gasteiger charge is 2.35. The van der Waals surface area contributed by atoms with E-state index in [-0.39, 0.29) is 0 Å². The van der Waals surface area contributed by atoms with Crippen LogP contribution in [0.15, 0.2) is 12.3 Å². The third kappa shape index (κ3) is 2.87. The Morgan fingerprint density at radius 3 is 2.71 bits per heavy atom. The first-order valence-corrected chi connectivity index (χ1v) is 6.59. The van der Waals surface area contributed by atoms with Crippen LogP contribution in [0.25, 0.3) is 0 Å². The summed E-state index contributed by atoms with van der Waals surface area (Å²) in [6.07, 6.45) is 9.49. The Labute approximate surface area is 104 Å². The van der Waals surface area contributed by atoms with Crippen LogP contribution in [0.5, 0.6) is 0 Å². The molecule has 1 unspecified atom stereocenters. The number of nitrogens with zero attached hydrogens (tertiary/aromatic N) is 2. The smallest absolute Gasteiger partial charge is 0.0640 e. The molecule has 0 amide bonds. The van der Waals surface area contributed by atoms with Gasteiger partial charge < -0.3 is 0 Å². The lowest BCUT2D eigenvalue weighted by atomic mass is 9.69. The number of rotatable bonds is 4. The second kappa shape index (κ2) is 5.19. The average Bonchev–Trinajstić information content (AvgIpc) is 2.72. The van der Waals surface area contributed by atoms with Crippen LogP contribution in [0.3, 0.4) is 0 Å². The fraction of sp³-hybridized carbons (Fsp3) is 0.769. The summed E-state index contributed by atoms with van der Waals surface area (Å²) in [5.41, 5.74) is 4.47. The van der Waals surface area contributed by atoms with E-state index in [4.69, 9.17) is 5.84 Å². The summed E-state index contributed by atoms with van der Waals surface area (Å²) in [5, 5.41) is 4.45. The van der Waals surface area contributed by atoms with E-state index in [0.29, 0.717) is 11.5 Å². The van der Waals surface area contributed by atoms with E-state index in [0.717, 1.165) is 12.1 Å². The van der Waals surface area contributed by atoms with Gasteiger partial charge in [-0.3, -0.25) is 16.0 Å². The highest BCUT2D eigenvalue weighted by Crippen LogP contribution is 2.39. The largest absolute Gasteiger partial charge is 0.276 e. The Morgan fingerprint density at radius 2 is 2.18 bits per heavy atom. The molecule has 0 aliphatic heterocycles. The molecule has 96 valence electrons. The van der Waals surface area contributed by atoms with Crippen molar-refractivity contribution < 1.29 is 0 Å². The van der Waals surface area contributed by atoms with Gasteiger partial charge in [0.15, 0.2) is 0 Å². The zero-order valence-electron chi connectivity index (χ0n) is 10.9. The van der Waals surface area contributed by atoms with Gasteiger partial charge in [0.25, 0.3) is 0 Å². The van der Waals surface area contributed by atoms with E-state index in [9.17, 15) is 0 Å². The number of nitrogens with two attached hydrogens (primary N) is 1. The Bertz CT molecular complexity index is 352. The van der Waals surface area contributed by atoms with E-state index in [1.54, 1.807) is 0 Å². The summed E-state index contributed by atoms with van der Waals surface area (Å²) in [7, 11) is 1.96. The first kappa shape index (κ1) is 12.6. The van der Waals surface area contributed by atoms with Gasteiger partial charge in [-0.15, -0.1) is 0 Å². The van der Waals surface area contributed by atoms with E-state index in [2.05, 4.69) is 23.5 Å². The van der Waals surface area contributed by atoms with Gasteiger partial charge in [-0.05, 0) is 24.3 Å². The highest BCUT2D eigenvalue weighted by molar-refractivity contribution is 5.04. The first-order chi connectivity index (χ1) is 8.14. The number of aromatic nitrogens is 2. The lowest BCUT2D eigenvalue weighted by Crippen LogP contribution is -2.49. The average molecular weight is 236 g/mol. The monoisotopic (exact) mass is 236 g/mol. The molecule has 0 bridgehead atoms. The zero-order chi connectivity index (χ0) is 12.3. The SMILES string of the molecule is Cn1ccc(CC(NN)C2(C)CCCCC2)n1. The standard InChI is InChI=1S/C13H24N4/c1-13(7-4-3-5-8-13)12(15-14)10-11-6-9-17(2)16-11/h6,9,12,15H,3-5,7-8,10,14H2,1-2H3. The Morgan fingerprint density at radius 1 is 1.47 bits per heavy atom. The van der Waals surface area contributed by atoms with E-state index in [1.807, 2.05) is 17.9 Å². The number of aryl methyl sites for hydroxylation is 1. The van der Waals surface area contributed by atoms with Gasteiger partial charge >= 0.3 is 0 Å². The van der Waals surface area contributed by atoms with Gasteiger partial charge in [0.1, 0.15) is 0 Å². The van der Waals surface area contributed by atoms with Gasteiger partial charge in [-0.2, -0.15) is 5.10 Å². The maximum atomic E-state index is 5.76. The fourth-order valence-electron chi connectivity index (χ4n) is 3.00. The molecule has 4 heteroatoms. The number of hydrazine groups is 1. The van der Waals surface area contributed by atoms with Crippen LogP contribution in [0.1, 0.15) is 44.7 Å². The van der Waals surface area contributed by atoms with E-state index < -0.39 is 0 Å². The van der Waals surface area contributed by atoms with Gasteiger partial charge in [0.05, 0.1) is 5.69 Å². The molecule has 17 heavy (non-hydrogen) atoms. The number of nitrogens with one attached hydrogen (secondary N) is 1. The Balaban J connectivity index is 2.05. The van der Waals surface area contributed by atoms with Gasteiger partial charge in [0, 0.05) is 25.7 Å². The minimum absolute atomic E-state index is 0.324. The molecule has 0 radical (unpaired) electrons. The van der Waals surface area contributed by atoms with Gasteiger partial charge in [-0.25, -0.2) is 0 Å². The molecule has 1 aliphatic carbocycles. The van der Waals surface area contributed by atoms with Crippen LogP contribution in [-0.2, 0) is 13.5 Å². The van der Waals surface area contributed by atoms with Crippen LogP contribution in [0.2, 0.25) is 0 Å². The van der Waals surface area contributed by atoms with Crippen molar-refractivity contribution in [1.29, 1.82) is 0 Å². The third-order valence-electron chi connectivity index (χ3n) is 4.22. The van der Waals surface area contributed by atoms with Crippen molar-refractivity contribution in [3.8, 4) is 0 Å². The summed E-state index contributed by atoms with van der Waals surface area (Å²) in [6.45, 7) is 2.36. The summed E-state index contributed by atoms with van der Waals surface area (Å²) in [6, 6.07) is 2.41. The third-order valence-corrected chi connectivity index (χ3v) is 4.22. The fourth-order valence-corrected chi connectivity index (χ4v) is 3.00. The minimum atomic E-state index is 0.324. The molecule has 1 aliphatic rings. The molecule has 1 heterocycles. The Hall–Kier alpha value is -0.870. The molecule has 1 fully saturated rings. The number of hydrogen-bond acceptors (Lipinski definition) is 3. The molecule has 4 nitrogen and oxygen atoms in total. The van der Waals surface area contributed by atoms with Gasteiger partial charge in [-0.1, -0.05) is 26.2 Å². The molecule has 0 aromatic carbocycles. The molecule has 1 aromatic heterocycles. The van der Waals surface area contributed by atoms with Crippen LogP contribution >= 0.6 is 0 Å². The molecule has 2 rings (SSSR count). The minimum Gasteiger partial charge on any atom is -0.276 e. The zero-order valence-corrected chi connectivity index (χ0v) is 10.9. The predicted octanol–water partition coefficient (Wildman–Crippen LogP) is 1.76. The van der Waals surface area contributed by atoms with Gasteiger partial charge in [0.2, 0.25) is 0 Å². The maximum absolute atomic E-state index is 5.76. The molecule has 0 saturated heterocycles. The predicted molar refractivity (Wildman–Crippen MR) is 69.2 cm³/mol. The topological polar surface area (TPSA) is 55.9 Å². The second-order valence-corrected chi connectivity index (χ2v) is 5.62. The van der Waals surface area contributed by atoms with E-state index >= 15 is 0 Å². The Kier molecular flexibility index (Phi) is 3.84. The van der Waals surface area contributed by atoms with E-state index in [1.165, 1.54) is 32.1 Å². The van der Waals surface area contributed by atoms with Crippen molar-refractivity contribution in [2.45, 2.75) is 51.5 Å². The van der Waals surface area contributed by atoms with Crippen LogP contribution in [0, 0.1) is 5.41 Å². The van der Waals surface area contributed by atoms with Crippen molar-refractivity contribution in [2.75, 3.05) is 0 Å². The molecule has 1 saturated carbocycles. The molecular formula is C13H24N4. The van der Waals surface area contributed by atoms with Crippen molar-refractivity contribution in [3.63, 3.8) is 0 Å². The van der Waals surface area contributed by atoms with Crippen LogP contribution in [-0.4, -0.2) is 15.8 Å². The second-order valence-electron chi connectivity index (χ2n) is 5.62.